The van der Waals surface area contributed by atoms with E-state index >= 15 is 0 Å². The van der Waals surface area contributed by atoms with Crippen molar-refractivity contribution in [3.05, 3.63) is 16.1 Å². The van der Waals surface area contributed by atoms with Gasteiger partial charge in [0.15, 0.2) is 0 Å². The van der Waals surface area contributed by atoms with E-state index in [1.165, 1.54) is 55.8 Å². The second-order valence-electron chi connectivity index (χ2n) is 4.85. The lowest BCUT2D eigenvalue weighted by atomic mass is 10.0. The topological polar surface area (TPSA) is 24.9 Å². The molecule has 1 aliphatic carbocycles. The maximum atomic E-state index is 4.47. The van der Waals surface area contributed by atoms with Crippen molar-refractivity contribution < 1.29 is 0 Å². The average Bonchev–Trinajstić information content (AvgIpc) is 2.54. The van der Waals surface area contributed by atoms with Crippen LogP contribution in [0.1, 0.15) is 49.2 Å². The second kappa shape index (κ2) is 6.36. The molecule has 0 spiro atoms. The summed E-state index contributed by atoms with van der Waals surface area (Å²) in [5.74, 6) is 0.905. The quantitative estimate of drug-likeness (QED) is 0.812. The Balaban J connectivity index is 1.67. The third-order valence-corrected chi connectivity index (χ3v) is 4.20. The minimum atomic E-state index is 0.905. The Bertz CT molecular complexity index is 301. The van der Waals surface area contributed by atoms with Gasteiger partial charge >= 0.3 is 0 Å². The molecule has 0 atom stereocenters. The van der Waals surface area contributed by atoms with Crippen LogP contribution < -0.4 is 5.32 Å². The lowest BCUT2D eigenvalue weighted by molar-refractivity contribution is 0.424. The van der Waals surface area contributed by atoms with Crippen LogP contribution in [0.3, 0.4) is 0 Å². The Morgan fingerprint density at radius 2 is 2.06 bits per heavy atom. The molecule has 0 amide bonds. The number of hydrogen-bond acceptors (Lipinski definition) is 3. The first-order valence-electron chi connectivity index (χ1n) is 6.46. The Labute approximate surface area is 102 Å². The van der Waals surface area contributed by atoms with E-state index in [-0.39, 0.29) is 0 Å². The van der Waals surface area contributed by atoms with Gasteiger partial charge in [-0.05, 0) is 32.2 Å². The van der Waals surface area contributed by atoms with Crippen molar-refractivity contribution in [1.82, 2.24) is 10.3 Å². The molecule has 90 valence electrons. The summed E-state index contributed by atoms with van der Waals surface area (Å²) in [5.41, 5.74) is 1.20. The highest BCUT2D eigenvalue weighted by Gasteiger charge is 2.11. The zero-order valence-corrected chi connectivity index (χ0v) is 11.0. The fourth-order valence-electron chi connectivity index (χ4n) is 2.46. The molecule has 0 saturated heterocycles. The molecule has 2 rings (SSSR count). The molecule has 1 heterocycles. The lowest BCUT2D eigenvalue weighted by Gasteiger charge is -2.14. The minimum Gasteiger partial charge on any atom is -0.311 e. The summed E-state index contributed by atoms with van der Waals surface area (Å²) in [6.45, 7) is 4.19. The monoisotopic (exact) mass is 238 g/mol. The third-order valence-electron chi connectivity index (χ3n) is 3.38. The first-order chi connectivity index (χ1) is 7.84. The lowest BCUT2D eigenvalue weighted by Crippen LogP contribution is -2.22. The molecule has 1 aliphatic rings. The molecular weight excluding hydrogens is 216 g/mol. The van der Waals surface area contributed by atoms with Gasteiger partial charge in [0.1, 0.15) is 0 Å². The van der Waals surface area contributed by atoms with E-state index in [4.69, 9.17) is 0 Å². The van der Waals surface area contributed by atoms with Gasteiger partial charge in [-0.2, -0.15) is 0 Å². The molecule has 0 unspecified atom stereocenters. The summed E-state index contributed by atoms with van der Waals surface area (Å²) < 4.78 is 0. The fourth-order valence-corrected chi connectivity index (χ4v) is 3.07. The van der Waals surface area contributed by atoms with Gasteiger partial charge in [-0.15, -0.1) is 11.3 Å². The van der Waals surface area contributed by atoms with Gasteiger partial charge in [0, 0.05) is 11.9 Å². The minimum absolute atomic E-state index is 0.905. The molecule has 1 aromatic rings. The summed E-state index contributed by atoms with van der Waals surface area (Å²) in [7, 11) is 0. The molecule has 0 aliphatic heterocycles. The largest absolute Gasteiger partial charge is 0.311 e. The summed E-state index contributed by atoms with van der Waals surface area (Å²) in [6.07, 6.45) is 8.60. The highest BCUT2D eigenvalue weighted by Crippen LogP contribution is 2.22. The molecule has 3 heteroatoms. The standard InChI is InChI=1S/C13H22N2S/c1-11-15-13(10-16-11)9-14-8-12-6-4-2-3-5-7-12/h10,12,14H,2-9H2,1H3. The summed E-state index contributed by atoms with van der Waals surface area (Å²) in [4.78, 5) is 4.47. The van der Waals surface area contributed by atoms with E-state index in [1.807, 2.05) is 0 Å². The van der Waals surface area contributed by atoms with Gasteiger partial charge in [-0.1, -0.05) is 25.7 Å². The van der Waals surface area contributed by atoms with E-state index in [0.717, 1.165) is 12.5 Å². The Hall–Kier alpha value is -0.410. The molecule has 2 nitrogen and oxygen atoms in total. The van der Waals surface area contributed by atoms with Crippen LogP contribution in [0.25, 0.3) is 0 Å². The normalized spacial score (nSPS) is 18.6. The van der Waals surface area contributed by atoms with Crippen LogP contribution in [0.5, 0.6) is 0 Å². The number of aryl methyl sites for hydroxylation is 1. The van der Waals surface area contributed by atoms with Crippen molar-refractivity contribution in [3.8, 4) is 0 Å². The zero-order valence-electron chi connectivity index (χ0n) is 10.2. The van der Waals surface area contributed by atoms with Gasteiger partial charge in [0.05, 0.1) is 10.7 Å². The molecule has 0 bridgehead atoms. The van der Waals surface area contributed by atoms with Crippen molar-refractivity contribution in [3.63, 3.8) is 0 Å². The smallest absolute Gasteiger partial charge is 0.0897 e. The molecular formula is C13H22N2S. The first-order valence-corrected chi connectivity index (χ1v) is 7.34. The predicted molar refractivity (Wildman–Crippen MR) is 69.7 cm³/mol. The number of aromatic nitrogens is 1. The van der Waals surface area contributed by atoms with Gasteiger partial charge < -0.3 is 5.32 Å². The van der Waals surface area contributed by atoms with Gasteiger partial charge in [-0.3, -0.25) is 0 Å². The van der Waals surface area contributed by atoms with Gasteiger partial charge in [0.25, 0.3) is 0 Å². The molecule has 1 N–H and O–H groups in total. The van der Waals surface area contributed by atoms with E-state index in [0.29, 0.717) is 0 Å². The molecule has 1 aromatic heterocycles. The van der Waals surface area contributed by atoms with Crippen molar-refractivity contribution >= 4 is 11.3 Å². The predicted octanol–water partition coefficient (Wildman–Crippen LogP) is 3.51. The maximum Gasteiger partial charge on any atom is 0.0897 e. The Morgan fingerprint density at radius 3 is 2.69 bits per heavy atom. The second-order valence-corrected chi connectivity index (χ2v) is 5.91. The fraction of sp³-hybridized carbons (Fsp3) is 0.769. The molecule has 1 saturated carbocycles. The van der Waals surface area contributed by atoms with Crippen LogP contribution >= 0.6 is 11.3 Å². The number of thiazole rings is 1. The van der Waals surface area contributed by atoms with E-state index < -0.39 is 0 Å². The van der Waals surface area contributed by atoms with Crippen molar-refractivity contribution in [2.75, 3.05) is 6.54 Å². The molecule has 1 fully saturated rings. The first kappa shape index (κ1) is 12.1. The van der Waals surface area contributed by atoms with Crippen LogP contribution in [0, 0.1) is 12.8 Å². The van der Waals surface area contributed by atoms with E-state index in [9.17, 15) is 0 Å². The summed E-state index contributed by atoms with van der Waals surface area (Å²) in [5, 5.41) is 6.89. The maximum absolute atomic E-state index is 4.47. The van der Waals surface area contributed by atoms with Gasteiger partial charge in [-0.25, -0.2) is 4.98 Å². The van der Waals surface area contributed by atoms with Crippen LogP contribution in [0.4, 0.5) is 0 Å². The number of nitrogens with zero attached hydrogens (tertiary/aromatic N) is 1. The summed E-state index contributed by atoms with van der Waals surface area (Å²) in [6, 6.07) is 0. The molecule has 0 radical (unpaired) electrons. The summed E-state index contributed by atoms with van der Waals surface area (Å²) >= 11 is 1.74. The highest BCUT2D eigenvalue weighted by molar-refractivity contribution is 7.09. The zero-order chi connectivity index (χ0) is 11.2. The van der Waals surface area contributed by atoms with Crippen LogP contribution in [-0.4, -0.2) is 11.5 Å². The van der Waals surface area contributed by atoms with Crippen LogP contribution in [0.15, 0.2) is 5.38 Å². The van der Waals surface area contributed by atoms with Crippen LogP contribution in [-0.2, 0) is 6.54 Å². The van der Waals surface area contributed by atoms with E-state index in [1.54, 1.807) is 11.3 Å². The Morgan fingerprint density at radius 1 is 1.31 bits per heavy atom. The Kier molecular flexibility index (Phi) is 4.79. The number of hydrogen-bond donors (Lipinski definition) is 1. The third kappa shape index (κ3) is 3.87. The van der Waals surface area contributed by atoms with E-state index in [2.05, 4.69) is 22.6 Å². The number of rotatable bonds is 4. The SMILES string of the molecule is Cc1nc(CNCC2CCCCCC2)cs1. The van der Waals surface area contributed by atoms with Crippen LogP contribution in [0.2, 0.25) is 0 Å². The van der Waals surface area contributed by atoms with Crippen molar-refractivity contribution in [2.24, 2.45) is 5.92 Å². The van der Waals surface area contributed by atoms with Gasteiger partial charge in [0.2, 0.25) is 0 Å². The average molecular weight is 238 g/mol. The molecule has 0 aromatic carbocycles. The molecule has 16 heavy (non-hydrogen) atoms. The van der Waals surface area contributed by atoms with Crippen molar-refractivity contribution in [1.29, 1.82) is 0 Å². The highest BCUT2D eigenvalue weighted by atomic mass is 32.1. The van der Waals surface area contributed by atoms with Crippen molar-refractivity contribution in [2.45, 2.75) is 52.0 Å². The number of nitrogens with one attached hydrogen (secondary N) is 1.